The number of aromatic nitrogens is 4. The van der Waals surface area contributed by atoms with Gasteiger partial charge in [0.1, 0.15) is 11.3 Å². The van der Waals surface area contributed by atoms with Crippen LogP contribution >= 0.6 is 11.6 Å². The van der Waals surface area contributed by atoms with Gasteiger partial charge >= 0.3 is 0 Å². The van der Waals surface area contributed by atoms with Crippen LogP contribution in [0.2, 0.25) is 5.15 Å². The van der Waals surface area contributed by atoms with E-state index in [9.17, 15) is 4.79 Å². The van der Waals surface area contributed by atoms with E-state index in [-0.39, 0.29) is 5.91 Å². The third-order valence-electron chi connectivity index (χ3n) is 6.84. The molecule has 9 nitrogen and oxygen atoms in total. The number of amides is 1. The number of hydrogen-bond acceptors (Lipinski definition) is 8. The number of piperazine rings is 1. The predicted octanol–water partition coefficient (Wildman–Crippen LogP) is 3.13. The van der Waals surface area contributed by atoms with Crippen molar-refractivity contribution in [2.24, 2.45) is 5.92 Å². The Kier molecular flexibility index (Phi) is 7.54. The van der Waals surface area contributed by atoms with Gasteiger partial charge in [-0.3, -0.25) is 4.79 Å². The molecule has 1 aliphatic carbocycles. The molecule has 1 saturated heterocycles. The highest BCUT2D eigenvalue weighted by atomic mass is 35.5. The summed E-state index contributed by atoms with van der Waals surface area (Å²) in [5, 5.41) is 11.6. The maximum Gasteiger partial charge on any atom is 0.227 e. The van der Waals surface area contributed by atoms with Crippen LogP contribution in [0.1, 0.15) is 31.2 Å². The van der Waals surface area contributed by atoms with Crippen molar-refractivity contribution in [3.63, 3.8) is 0 Å². The van der Waals surface area contributed by atoms with Crippen LogP contribution in [0.3, 0.4) is 0 Å². The monoisotopic (exact) mass is 494 g/mol. The van der Waals surface area contributed by atoms with Gasteiger partial charge in [0.25, 0.3) is 0 Å². The van der Waals surface area contributed by atoms with Crippen molar-refractivity contribution in [3.05, 3.63) is 47.5 Å². The molecule has 0 spiro atoms. The van der Waals surface area contributed by atoms with Gasteiger partial charge in [0, 0.05) is 62.7 Å². The summed E-state index contributed by atoms with van der Waals surface area (Å²) in [4.78, 5) is 31.9. The molecule has 1 aliphatic heterocycles. The molecule has 5 rings (SSSR count). The number of carbonyl (C=O) groups is 1. The van der Waals surface area contributed by atoms with Crippen LogP contribution in [0.4, 0.5) is 11.8 Å². The van der Waals surface area contributed by atoms with E-state index in [0.717, 1.165) is 80.7 Å². The standard InChI is InChI=1S/C25H31ClN8O/c26-24-23-19(7-8-28-24)3-6-21(33-23)32-20-4-1-17(2-5-20)14-29-25-30-15-18(16-31-25)13-22(35)34-11-9-27-10-12-34/h3,6-8,15-17,20,27H,1-2,4-5,9-14H2,(H,32,33)(H,29,30,31). The van der Waals surface area contributed by atoms with Crippen molar-refractivity contribution in [2.45, 2.75) is 38.1 Å². The topological polar surface area (TPSA) is 108 Å². The number of fused-ring (bicyclic) bond motifs is 1. The normalized spacial score (nSPS) is 20.5. The second kappa shape index (κ2) is 11.1. The van der Waals surface area contributed by atoms with E-state index >= 15 is 0 Å². The first kappa shape index (κ1) is 23.7. The van der Waals surface area contributed by atoms with Crippen LogP contribution in [0.15, 0.2) is 36.8 Å². The molecule has 0 unspecified atom stereocenters. The van der Waals surface area contributed by atoms with Crippen molar-refractivity contribution in [2.75, 3.05) is 43.4 Å². The summed E-state index contributed by atoms with van der Waals surface area (Å²) in [6.07, 6.45) is 9.98. The van der Waals surface area contributed by atoms with Gasteiger partial charge in [-0.15, -0.1) is 0 Å². The summed E-state index contributed by atoms with van der Waals surface area (Å²) in [6.45, 7) is 4.09. The zero-order valence-corrected chi connectivity index (χ0v) is 20.5. The number of pyridine rings is 2. The van der Waals surface area contributed by atoms with Crippen molar-refractivity contribution in [3.8, 4) is 0 Å². The molecule has 0 aromatic carbocycles. The molecule has 0 bridgehead atoms. The van der Waals surface area contributed by atoms with Gasteiger partial charge in [0.15, 0.2) is 5.15 Å². The molecule has 3 N–H and O–H groups in total. The molecule has 1 amide bonds. The predicted molar refractivity (Wildman–Crippen MR) is 138 cm³/mol. The molecule has 0 radical (unpaired) electrons. The average Bonchev–Trinajstić information content (AvgIpc) is 2.90. The number of halogens is 1. The van der Waals surface area contributed by atoms with Crippen LogP contribution in [0, 0.1) is 5.92 Å². The second-order valence-electron chi connectivity index (χ2n) is 9.34. The minimum atomic E-state index is 0.139. The number of nitrogens with one attached hydrogen (secondary N) is 3. The van der Waals surface area contributed by atoms with E-state index in [1.54, 1.807) is 18.6 Å². The van der Waals surface area contributed by atoms with Gasteiger partial charge in [-0.2, -0.15) is 0 Å². The van der Waals surface area contributed by atoms with Crippen molar-refractivity contribution in [1.29, 1.82) is 0 Å². The number of nitrogens with zero attached hydrogens (tertiary/aromatic N) is 5. The maximum absolute atomic E-state index is 12.4. The molecule has 0 atom stereocenters. The fraction of sp³-hybridized carbons (Fsp3) is 0.480. The van der Waals surface area contributed by atoms with Crippen LogP contribution in [0.25, 0.3) is 10.9 Å². The molecule has 35 heavy (non-hydrogen) atoms. The molecular weight excluding hydrogens is 464 g/mol. The van der Waals surface area contributed by atoms with Gasteiger partial charge in [0.05, 0.1) is 6.42 Å². The summed E-state index contributed by atoms with van der Waals surface area (Å²) in [5.41, 5.74) is 1.58. The molecule has 3 aromatic rings. The Morgan fingerprint density at radius 3 is 2.60 bits per heavy atom. The number of carbonyl (C=O) groups excluding carboxylic acids is 1. The van der Waals surface area contributed by atoms with Crippen molar-refractivity contribution in [1.82, 2.24) is 30.2 Å². The summed E-state index contributed by atoms with van der Waals surface area (Å²) in [7, 11) is 0. The van der Waals surface area contributed by atoms with Gasteiger partial charge in [-0.1, -0.05) is 11.6 Å². The van der Waals surface area contributed by atoms with Gasteiger partial charge < -0.3 is 20.9 Å². The molecule has 2 aliphatic rings. The Labute approximate surface area is 210 Å². The number of anilines is 2. The first-order valence-corrected chi connectivity index (χ1v) is 12.7. The number of hydrogen-bond donors (Lipinski definition) is 3. The highest BCUT2D eigenvalue weighted by Crippen LogP contribution is 2.27. The molecule has 3 aromatic heterocycles. The Bertz CT molecular complexity index is 1140. The fourth-order valence-electron chi connectivity index (χ4n) is 4.79. The minimum absolute atomic E-state index is 0.139. The summed E-state index contributed by atoms with van der Waals surface area (Å²) < 4.78 is 0. The second-order valence-corrected chi connectivity index (χ2v) is 9.69. The van der Waals surface area contributed by atoms with Crippen LogP contribution in [0.5, 0.6) is 0 Å². The Balaban J connectivity index is 1.05. The van der Waals surface area contributed by atoms with Crippen LogP contribution < -0.4 is 16.0 Å². The van der Waals surface area contributed by atoms with Crippen molar-refractivity contribution >= 4 is 40.2 Å². The van der Waals surface area contributed by atoms with Gasteiger partial charge in [-0.05, 0) is 55.4 Å². The van der Waals surface area contributed by atoms with E-state index < -0.39 is 0 Å². The number of rotatable bonds is 7. The Morgan fingerprint density at radius 1 is 1.06 bits per heavy atom. The van der Waals surface area contributed by atoms with Crippen LogP contribution in [-0.2, 0) is 11.2 Å². The lowest BCUT2D eigenvalue weighted by Crippen LogP contribution is -2.46. The molecule has 1 saturated carbocycles. The molecule has 2 fully saturated rings. The molecule has 10 heteroatoms. The summed E-state index contributed by atoms with van der Waals surface area (Å²) in [6, 6.07) is 6.35. The summed E-state index contributed by atoms with van der Waals surface area (Å²) in [5.74, 6) is 2.18. The zero-order valence-electron chi connectivity index (χ0n) is 19.7. The highest BCUT2D eigenvalue weighted by Gasteiger charge is 2.22. The van der Waals surface area contributed by atoms with Crippen LogP contribution in [-0.4, -0.2) is 69.5 Å². The third kappa shape index (κ3) is 6.15. The SMILES string of the molecule is O=C(Cc1cnc(NCC2CCC(Nc3ccc4ccnc(Cl)c4n3)CC2)nc1)N1CCNCC1. The quantitative estimate of drug-likeness (QED) is 0.430. The van der Waals surface area contributed by atoms with E-state index in [1.807, 2.05) is 23.1 Å². The largest absolute Gasteiger partial charge is 0.367 e. The molecule has 184 valence electrons. The first-order valence-electron chi connectivity index (χ1n) is 12.3. The smallest absolute Gasteiger partial charge is 0.227 e. The van der Waals surface area contributed by atoms with Gasteiger partial charge in [0.2, 0.25) is 11.9 Å². The molecular formula is C25H31ClN8O. The van der Waals surface area contributed by atoms with E-state index in [4.69, 9.17) is 11.6 Å². The minimum Gasteiger partial charge on any atom is -0.367 e. The van der Waals surface area contributed by atoms with E-state index in [0.29, 0.717) is 29.5 Å². The summed E-state index contributed by atoms with van der Waals surface area (Å²) >= 11 is 6.20. The fourth-order valence-corrected chi connectivity index (χ4v) is 5.00. The maximum atomic E-state index is 12.4. The lowest BCUT2D eigenvalue weighted by Gasteiger charge is -2.29. The van der Waals surface area contributed by atoms with Crippen molar-refractivity contribution < 1.29 is 4.79 Å². The molecule has 4 heterocycles. The first-order chi connectivity index (χ1) is 17.1. The Hall–Kier alpha value is -3.04. The average molecular weight is 495 g/mol. The lowest BCUT2D eigenvalue weighted by atomic mass is 9.86. The lowest BCUT2D eigenvalue weighted by molar-refractivity contribution is -0.131. The highest BCUT2D eigenvalue weighted by molar-refractivity contribution is 6.33. The van der Waals surface area contributed by atoms with E-state index in [2.05, 4.69) is 35.9 Å². The van der Waals surface area contributed by atoms with E-state index in [1.165, 1.54) is 0 Å². The van der Waals surface area contributed by atoms with Gasteiger partial charge in [-0.25, -0.2) is 19.9 Å². The third-order valence-corrected chi connectivity index (χ3v) is 7.12. The Morgan fingerprint density at radius 2 is 1.83 bits per heavy atom. The zero-order chi connectivity index (χ0) is 24.0.